The first-order valence-electron chi connectivity index (χ1n) is 12.0. The number of benzene rings is 3. The van der Waals surface area contributed by atoms with Crippen molar-refractivity contribution in [2.75, 3.05) is 0 Å². The van der Waals surface area contributed by atoms with Crippen LogP contribution in [0, 0.1) is 13.8 Å². The molecule has 1 aliphatic carbocycles. The normalized spacial score (nSPS) is 14.6. The first-order chi connectivity index (χ1) is 16.6. The minimum absolute atomic E-state index is 0.0929. The average Bonchev–Trinajstić information content (AvgIpc) is 2.87. The van der Waals surface area contributed by atoms with Gasteiger partial charge < -0.3 is 0 Å². The van der Waals surface area contributed by atoms with Gasteiger partial charge in [-0.2, -0.15) is 0 Å². The van der Waals surface area contributed by atoms with Gasteiger partial charge in [-0.15, -0.1) is 0 Å². The summed E-state index contributed by atoms with van der Waals surface area (Å²) in [7, 11) is 0. The Morgan fingerprint density at radius 2 is 1.41 bits per heavy atom. The number of hydrogen-bond acceptors (Lipinski definition) is 2. The lowest BCUT2D eigenvalue weighted by molar-refractivity contribution is 0.310. The van der Waals surface area contributed by atoms with Gasteiger partial charge in [-0.05, 0) is 43.9 Å². The molecule has 0 amide bonds. The summed E-state index contributed by atoms with van der Waals surface area (Å²) in [5.41, 5.74) is 10.1. The molecule has 0 atom stereocenters. The summed E-state index contributed by atoms with van der Waals surface area (Å²) < 4.78 is 0. The Kier molecular flexibility index (Phi) is 4.95. The fourth-order valence-electron chi connectivity index (χ4n) is 4.97. The van der Waals surface area contributed by atoms with Crippen molar-refractivity contribution in [3.05, 3.63) is 115 Å². The van der Waals surface area contributed by atoms with Crippen LogP contribution in [0.25, 0.3) is 44.5 Å². The van der Waals surface area contributed by atoms with Gasteiger partial charge in [-0.3, -0.25) is 4.98 Å². The zero-order valence-electron chi connectivity index (χ0n) is 19.5. The van der Waals surface area contributed by atoms with Crippen LogP contribution in [0.1, 0.15) is 30.4 Å². The number of hydrogen-bond donors (Lipinski definition) is 0. The van der Waals surface area contributed by atoms with Gasteiger partial charge in [0, 0.05) is 33.8 Å². The molecule has 34 heavy (non-hydrogen) atoms. The maximum absolute atomic E-state index is 5.17. The summed E-state index contributed by atoms with van der Waals surface area (Å²) >= 11 is 0. The lowest BCUT2D eigenvalue weighted by Gasteiger charge is -2.31. The van der Waals surface area contributed by atoms with Crippen molar-refractivity contribution in [3.63, 3.8) is 0 Å². The van der Waals surface area contributed by atoms with Crippen molar-refractivity contribution in [2.24, 2.45) is 0 Å². The fourth-order valence-corrected chi connectivity index (χ4v) is 4.97. The molecule has 0 aliphatic heterocycles. The summed E-state index contributed by atoms with van der Waals surface area (Å²) in [6.07, 6.45) is 5.48. The highest BCUT2D eigenvalue weighted by Gasteiger charge is 2.40. The Balaban J connectivity index is 1.53. The first-order valence-corrected chi connectivity index (χ1v) is 12.0. The molecule has 1 saturated carbocycles. The van der Waals surface area contributed by atoms with Crippen molar-refractivity contribution in [3.8, 4) is 33.6 Å². The number of aromatic nitrogens is 2. The molecule has 0 radical (unpaired) electrons. The van der Waals surface area contributed by atoms with Crippen molar-refractivity contribution >= 4 is 10.9 Å². The highest BCUT2D eigenvalue weighted by atomic mass is 14.7. The molecule has 1 aliphatic rings. The van der Waals surface area contributed by atoms with Crippen LogP contribution in [-0.2, 0) is 5.41 Å². The lowest BCUT2D eigenvalue weighted by atomic mass is 9.66. The van der Waals surface area contributed by atoms with E-state index in [-0.39, 0.29) is 5.41 Å². The van der Waals surface area contributed by atoms with Crippen LogP contribution < -0.4 is 0 Å². The van der Waals surface area contributed by atoms with E-state index in [4.69, 9.17) is 9.97 Å². The molecule has 2 heteroatoms. The van der Waals surface area contributed by atoms with Gasteiger partial charge in [0.25, 0.3) is 0 Å². The van der Waals surface area contributed by atoms with Gasteiger partial charge in [0.15, 0.2) is 0 Å². The Labute approximate surface area is 201 Å². The quantitative estimate of drug-likeness (QED) is 0.264. The Morgan fingerprint density at radius 3 is 2.09 bits per heavy atom. The third-order valence-electron chi connectivity index (χ3n) is 7.23. The molecular weight excluding hydrogens is 412 g/mol. The van der Waals surface area contributed by atoms with Gasteiger partial charge in [-0.25, -0.2) is 4.98 Å². The standard InChI is InChI=1S/C32H27N2/c1-22-9-11-25(12-10-22)31-27(23-7-4-3-5-8-23)21-28-29(34-31)17-20-33-30(28)24-13-15-26(16-14-24)32(2)18-6-19-32/h3-5,7-17,20-21H,2,6,18-19H2,1H3/q+1. The van der Waals surface area contributed by atoms with Gasteiger partial charge in [0.1, 0.15) is 5.41 Å². The summed E-state index contributed by atoms with van der Waals surface area (Å²) in [4.78, 5) is 9.96. The summed E-state index contributed by atoms with van der Waals surface area (Å²) in [6.45, 7) is 6.57. The monoisotopic (exact) mass is 439 g/mol. The second-order valence-corrected chi connectivity index (χ2v) is 9.55. The van der Waals surface area contributed by atoms with Crippen LogP contribution >= 0.6 is 0 Å². The van der Waals surface area contributed by atoms with E-state index in [2.05, 4.69) is 98.8 Å². The summed E-state index contributed by atoms with van der Waals surface area (Å²) in [5, 5.41) is 1.07. The molecule has 0 saturated heterocycles. The average molecular weight is 440 g/mol. The molecule has 2 heterocycles. The minimum atomic E-state index is 0.0929. The van der Waals surface area contributed by atoms with Gasteiger partial charge in [0.2, 0.25) is 0 Å². The number of aryl methyl sites for hydroxylation is 1. The van der Waals surface area contributed by atoms with E-state index < -0.39 is 0 Å². The Bertz CT molecular complexity index is 1460. The lowest BCUT2D eigenvalue weighted by Crippen LogP contribution is -2.30. The van der Waals surface area contributed by atoms with E-state index >= 15 is 0 Å². The highest BCUT2D eigenvalue weighted by Crippen LogP contribution is 2.43. The second kappa shape index (κ2) is 8.14. The predicted molar refractivity (Wildman–Crippen MR) is 141 cm³/mol. The van der Waals surface area contributed by atoms with Crippen molar-refractivity contribution in [1.82, 2.24) is 9.97 Å². The molecule has 3 aromatic carbocycles. The second-order valence-electron chi connectivity index (χ2n) is 9.55. The van der Waals surface area contributed by atoms with E-state index in [0.717, 1.165) is 44.5 Å². The summed E-state index contributed by atoms with van der Waals surface area (Å²) in [6, 6.07) is 32.2. The maximum atomic E-state index is 5.17. The van der Waals surface area contributed by atoms with Gasteiger partial charge in [-0.1, -0.05) is 84.4 Å². The molecule has 0 spiro atoms. The van der Waals surface area contributed by atoms with Crippen LogP contribution in [0.2, 0.25) is 0 Å². The van der Waals surface area contributed by atoms with E-state index in [9.17, 15) is 0 Å². The summed E-state index contributed by atoms with van der Waals surface area (Å²) in [5.74, 6) is 0. The van der Waals surface area contributed by atoms with Crippen LogP contribution in [0.15, 0.2) is 97.2 Å². The maximum Gasteiger partial charge on any atom is 0.130 e. The highest BCUT2D eigenvalue weighted by molar-refractivity contribution is 5.98. The van der Waals surface area contributed by atoms with Crippen LogP contribution in [0.4, 0.5) is 0 Å². The van der Waals surface area contributed by atoms with Crippen molar-refractivity contribution < 1.29 is 0 Å². The molecule has 1 fully saturated rings. The van der Waals surface area contributed by atoms with Crippen LogP contribution in [0.3, 0.4) is 0 Å². The van der Waals surface area contributed by atoms with Gasteiger partial charge in [0.05, 0.1) is 23.8 Å². The number of fused-ring (bicyclic) bond motifs is 1. The SMILES string of the molecule is [CH2+]C1(c2ccc(-c3nccc4nc(-c5ccc(C)cc5)c(-c5ccccc5)cc34)cc2)CCC1. The van der Waals surface area contributed by atoms with E-state index in [1.54, 1.807) is 0 Å². The molecule has 5 aromatic rings. The molecule has 6 rings (SSSR count). The topological polar surface area (TPSA) is 25.8 Å². The molecule has 164 valence electrons. The van der Waals surface area contributed by atoms with Crippen molar-refractivity contribution in [2.45, 2.75) is 31.6 Å². The van der Waals surface area contributed by atoms with Crippen LogP contribution in [-0.4, -0.2) is 9.97 Å². The molecule has 2 nitrogen and oxygen atoms in total. The third kappa shape index (κ3) is 3.56. The number of nitrogens with zero attached hydrogens (tertiary/aromatic N) is 2. The Hall–Kier alpha value is -3.91. The number of pyridine rings is 2. The largest absolute Gasteiger partial charge is 0.255 e. The minimum Gasteiger partial charge on any atom is -0.255 e. The van der Waals surface area contributed by atoms with Gasteiger partial charge >= 0.3 is 0 Å². The van der Waals surface area contributed by atoms with Crippen molar-refractivity contribution in [1.29, 1.82) is 0 Å². The predicted octanol–water partition coefficient (Wildman–Crippen LogP) is 8.20. The fraction of sp³-hybridized carbons (Fsp3) is 0.156. The molecule has 2 aromatic heterocycles. The van der Waals surface area contributed by atoms with E-state index in [1.165, 1.54) is 30.4 Å². The third-order valence-corrected chi connectivity index (χ3v) is 7.23. The molecule has 0 unspecified atom stereocenters. The smallest absolute Gasteiger partial charge is 0.130 e. The Morgan fingerprint density at radius 1 is 0.735 bits per heavy atom. The first kappa shape index (κ1) is 20.7. The molecular formula is C32H27N2+. The molecule has 0 N–H and O–H groups in total. The molecule has 0 bridgehead atoms. The van der Waals surface area contributed by atoms with E-state index in [1.807, 2.05) is 12.3 Å². The van der Waals surface area contributed by atoms with E-state index in [0.29, 0.717) is 0 Å². The zero-order chi connectivity index (χ0) is 23.1. The zero-order valence-corrected chi connectivity index (χ0v) is 19.5. The number of rotatable bonds is 4. The van der Waals surface area contributed by atoms with Crippen LogP contribution in [0.5, 0.6) is 0 Å².